The van der Waals surface area contributed by atoms with Gasteiger partial charge in [0.2, 0.25) is 5.91 Å². The first kappa shape index (κ1) is 13.4. The summed E-state index contributed by atoms with van der Waals surface area (Å²) in [5, 5.41) is 2.86. The summed E-state index contributed by atoms with van der Waals surface area (Å²) in [5.74, 6) is 0.929. The predicted octanol–water partition coefficient (Wildman–Crippen LogP) is 3.59. The van der Waals surface area contributed by atoms with Gasteiger partial charge in [0.25, 0.3) is 0 Å². The van der Waals surface area contributed by atoms with Gasteiger partial charge in [-0.15, -0.1) is 0 Å². The number of hydrogen-bond acceptors (Lipinski definition) is 2. The molecule has 0 aliphatic rings. The van der Waals surface area contributed by atoms with Crippen LogP contribution in [0.5, 0.6) is 0 Å². The van der Waals surface area contributed by atoms with Gasteiger partial charge in [-0.25, -0.2) is 4.98 Å². The molecule has 106 valence electrons. The average molecular weight is 279 g/mol. The van der Waals surface area contributed by atoms with Crippen LogP contribution in [0.2, 0.25) is 0 Å². The molecule has 0 saturated carbocycles. The van der Waals surface area contributed by atoms with Gasteiger partial charge < -0.3 is 9.88 Å². The van der Waals surface area contributed by atoms with Crippen LogP contribution in [-0.2, 0) is 11.8 Å². The highest BCUT2D eigenvalue weighted by molar-refractivity contribution is 5.93. The number of aryl methyl sites for hydroxylation is 1. The van der Waals surface area contributed by atoms with Gasteiger partial charge in [0.15, 0.2) is 0 Å². The molecule has 0 aliphatic carbocycles. The van der Waals surface area contributed by atoms with Crippen molar-refractivity contribution in [3.05, 3.63) is 48.5 Å². The standard InChI is InChI=1S/C17H17N3O/c1-3-16(21)18-13-9-10-15-14(11-13)19-17(20(15)2)12-7-5-4-6-8-12/h4-11H,3H2,1-2H3,(H,18,21). The van der Waals surface area contributed by atoms with Gasteiger partial charge in [-0.05, 0) is 18.2 Å². The van der Waals surface area contributed by atoms with Gasteiger partial charge in [-0.3, -0.25) is 4.79 Å². The summed E-state index contributed by atoms with van der Waals surface area (Å²) in [6.07, 6.45) is 0.468. The van der Waals surface area contributed by atoms with E-state index in [-0.39, 0.29) is 5.91 Å². The van der Waals surface area contributed by atoms with Crippen molar-refractivity contribution >= 4 is 22.6 Å². The fourth-order valence-electron chi connectivity index (χ4n) is 2.37. The van der Waals surface area contributed by atoms with Gasteiger partial charge in [0.05, 0.1) is 11.0 Å². The summed E-state index contributed by atoms with van der Waals surface area (Å²) in [7, 11) is 2.00. The highest BCUT2D eigenvalue weighted by atomic mass is 16.1. The minimum Gasteiger partial charge on any atom is -0.327 e. The summed E-state index contributed by atoms with van der Waals surface area (Å²) in [6, 6.07) is 15.9. The van der Waals surface area contributed by atoms with Gasteiger partial charge >= 0.3 is 0 Å². The summed E-state index contributed by atoms with van der Waals surface area (Å²) in [4.78, 5) is 16.2. The van der Waals surface area contributed by atoms with Crippen LogP contribution in [-0.4, -0.2) is 15.5 Å². The monoisotopic (exact) mass is 279 g/mol. The largest absolute Gasteiger partial charge is 0.327 e. The van der Waals surface area contributed by atoms with Crippen molar-refractivity contribution in [1.82, 2.24) is 9.55 Å². The Morgan fingerprint density at radius 2 is 1.95 bits per heavy atom. The molecule has 21 heavy (non-hydrogen) atoms. The molecule has 1 N–H and O–H groups in total. The Kier molecular flexibility index (Phi) is 3.44. The lowest BCUT2D eigenvalue weighted by molar-refractivity contribution is -0.115. The molecule has 4 heteroatoms. The fraction of sp³-hybridized carbons (Fsp3) is 0.176. The molecule has 0 unspecified atom stereocenters. The zero-order valence-electron chi connectivity index (χ0n) is 12.1. The van der Waals surface area contributed by atoms with Crippen LogP contribution in [0.25, 0.3) is 22.4 Å². The third-order valence-corrected chi connectivity index (χ3v) is 3.52. The molecule has 1 heterocycles. The number of rotatable bonds is 3. The number of carbonyl (C=O) groups excluding carboxylic acids is 1. The number of benzene rings is 2. The second-order valence-electron chi connectivity index (χ2n) is 4.97. The minimum absolute atomic E-state index is 0.00793. The van der Waals surface area contributed by atoms with Crippen LogP contribution >= 0.6 is 0 Å². The molecular weight excluding hydrogens is 262 g/mol. The lowest BCUT2D eigenvalue weighted by Crippen LogP contribution is -2.09. The smallest absolute Gasteiger partial charge is 0.224 e. The van der Waals surface area contributed by atoms with Gasteiger partial charge in [-0.2, -0.15) is 0 Å². The van der Waals surface area contributed by atoms with Crippen molar-refractivity contribution in [2.75, 3.05) is 5.32 Å². The van der Waals surface area contributed by atoms with Crippen LogP contribution in [0, 0.1) is 0 Å². The Labute approximate surface area is 123 Å². The van der Waals surface area contributed by atoms with Crippen LogP contribution in [0.4, 0.5) is 5.69 Å². The van der Waals surface area contributed by atoms with Crippen molar-refractivity contribution in [2.45, 2.75) is 13.3 Å². The number of amides is 1. The molecule has 0 saturated heterocycles. The zero-order valence-corrected chi connectivity index (χ0v) is 12.1. The number of nitrogens with one attached hydrogen (secondary N) is 1. The van der Waals surface area contributed by atoms with Crippen molar-refractivity contribution < 1.29 is 4.79 Å². The summed E-state index contributed by atoms with van der Waals surface area (Å²) in [6.45, 7) is 1.84. The van der Waals surface area contributed by atoms with Crippen LogP contribution in [0.15, 0.2) is 48.5 Å². The Hall–Kier alpha value is -2.62. The topological polar surface area (TPSA) is 46.9 Å². The minimum atomic E-state index is 0.00793. The number of anilines is 1. The molecule has 0 radical (unpaired) electrons. The van der Waals surface area contributed by atoms with E-state index < -0.39 is 0 Å². The second-order valence-corrected chi connectivity index (χ2v) is 4.97. The van der Waals surface area contributed by atoms with Crippen molar-refractivity contribution in [3.8, 4) is 11.4 Å². The Morgan fingerprint density at radius 1 is 1.19 bits per heavy atom. The van der Waals surface area contributed by atoms with Gasteiger partial charge in [-0.1, -0.05) is 37.3 Å². The van der Waals surface area contributed by atoms with Crippen LogP contribution in [0.1, 0.15) is 13.3 Å². The molecule has 1 aromatic heterocycles. The Morgan fingerprint density at radius 3 is 2.67 bits per heavy atom. The molecule has 2 aromatic carbocycles. The maximum absolute atomic E-state index is 11.5. The number of aromatic nitrogens is 2. The van der Waals surface area contributed by atoms with E-state index in [0.29, 0.717) is 6.42 Å². The Bertz CT molecular complexity index is 790. The average Bonchev–Trinajstić information content (AvgIpc) is 2.84. The molecule has 0 spiro atoms. The van der Waals surface area contributed by atoms with E-state index in [1.54, 1.807) is 0 Å². The van der Waals surface area contributed by atoms with Crippen LogP contribution in [0.3, 0.4) is 0 Å². The van der Waals surface area contributed by atoms with E-state index in [4.69, 9.17) is 0 Å². The fourth-order valence-corrected chi connectivity index (χ4v) is 2.37. The molecular formula is C17H17N3O. The SMILES string of the molecule is CCC(=O)Nc1ccc2c(c1)nc(-c1ccccc1)n2C. The molecule has 0 fully saturated rings. The first-order chi connectivity index (χ1) is 10.2. The van der Waals surface area contributed by atoms with E-state index in [2.05, 4.69) is 14.9 Å². The predicted molar refractivity (Wildman–Crippen MR) is 85.1 cm³/mol. The highest BCUT2D eigenvalue weighted by Crippen LogP contribution is 2.25. The number of carbonyl (C=O) groups is 1. The third-order valence-electron chi connectivity index (χ3n) is 3.52. The number of fused-ring (bicyclic) bond motifs is 1. The lowest BCUT2D eigenvalue weighted by atomic mass is 10.2. The van der Waals surface area contributed by atoms with E-state index in [1.807, 2.05) is 62.5 Å². The quantitative estimate of drug-likeness (QED) is 0.796. The van der Waals surface area contributed by atoms with Crippen molar-refractivity contribution in [3.63, 3.8) is 0 Å². The first-order valence-corrected chi connectivity index (χ1v) is 7.01. The Balaban J connectivity index is 2.06. The maximum Gasteiger partial charge on any atom is 0.224 e. The van der Waals surface area contributed by atoms with Crippen molar-refractivity contribution in [1.29, 1.82) is 0 Å². The van der Waals surface area contributed by atoms with Crippen LogP contribution < -0.4 is 5.32 Å². The van der Waals surface area contributed by atoms with E-state index in [9.17, 15) is 4.79 Å². The summed E-state index contributed by atoms with van der Waals surface area (Å²) >= 11 is 0. The summed E-state index contributed by atoms with van der Waals surface area (Å²) in [5.41, 5.74) is 3.79. The highest BCUT2D eigenvalue weighted by Gasteiger charge is 2.10. The number of hydrogen-bond donors (Lipinski definition) is 1. The second kappa shape index (κ2) is 5.40. The molecule has 1 amide bonds. The normalized spacial score (nSPS) is 10.8. The summed E-state index contributed by atoms with van der Waals surface area (Å²) < 4.78 is 2.07. The van der Waals surface area contributed by atoms with E-state index in [0.717, 1.165) is 28.1 Å². The zero-order chi connectivity index (χ0) is 14.8. The maximum atomic E-state index is 11.5. The molecule has 3 rings (SSSR count). The third kappa shape index (κ3) is 2.52. The molecule has 0 bridgehead atoms. The first-order valence-electron chi connectivity index (χ1n) is 7.01. The van der Waals surface area contributed by atoms with E-state index >= 15 is 0 Å². The molecule has 0 aliphatic heterocycles. The van der Waals surface area contributed by atoms with Crippen molar-refractivity contribution in [2.24, 2.45) is 7.05 Å². The van der Waals surface area contributed by atoms with Gasteiger partial charge in [0, 0.05) is 24.7 Å². The van der Waals surface area contributed by atoms with Gasteiger partial charge in [0.1, 0.15) is 5.82 Å². The lowest BCUT2D eigenvalue weighted by Gasteiger charge is -2.03. The number of imidazole rings is 1. The number of nitrogens with zero attached hydrogens (tertiary/aromatic N) is 2. The molecule has 3 aromatic rings. The van der Waals surface area contributed by atoms with E-state index in [1.165, 1.54) is 0 Å². The molecule has 4 nitrogen and oxygen atoms in total. The molecule has 0 atom stereocenters.